The molecule has 0 aliphatic carbocycles. The summed E-state index contributed by atoms with van der Waals surface area (Å²) in [6, 6.07) is 3.29. The summed E-state index contributed by atoms with van der Waals surface area (Å²) in [5.74, 6) is 1.38. The molecule has 1 N–H and O–H groups in total. The molecule has 0 saturated carbocycles. The summed E-state index contributed by atoms with van der Waals surface area (Å²) < 4.78 is 18.3. The second-order valence-corrected chi connectivity index (χ2v) is 5.34. The van der Waals surface area contributed by atoms with Crippen molar-refractivity contribution in [2.75, 3.05) is 20.3 Å². The molecule has 2 aromatic rings. The van der Waals surface area contributed by atoms with Gasteiger partial charge in [-0.05, 0) is 19.1 Å². The van der Waals surface area contributed by atoms with Crippen LogP contribution < -0.4 is 19.5 Å². The zero-order valence-corrected chi connectivity index (χ0v) is 13.1. The highest BCUT2D eigenvalue weighted by Gasteiger charge is 2.21. The number of benzene rings is 1. The van der Waals surface area contributed by atoms with Gasteiger partial charge in [-0.3, -0.25) is 4.79 Å². The smallest absolute Gasteiger partial charge is 0.251 e. The normalized spacial score (nSPS) is 14.2. The third-order valence-corrected chi connectivity index (χ3v) is 3.51. The number of hydrogen-bond acceptors (Lipinski definition) is 5. The fraction of sp³-hybridized carbons (Fsp3) is 0.375. The van der Waals surface area contributed by atoms with Gasteiger partial charge >= 0.3 is 0 Å². The predicted molar refractivity (Wildman–Crippen MR) is 83.1 cm³/mol. The number of rotatable bonds is 5. The summed E-state index contributed by atoms with van der Waals surface area (Å²) in [4.78, 5) is 16.4. The fourth-order valence-corrected chi connectivity index (χ4v) is 2.47. The Bertz CT molecular complexity index is 668. The first kappa shape index (κ1) is 15.2. The van der Waals surface area contributed by atoms with Crippen LogP contribution in [0.3, 0.4) is 0 Å². The lowest BCUT2D eigenvalue weighted by molar-refractivity contribution is 0.0934. The maximum atomic E-state index is 12.4. The minimum atomic E-state index is -0.187. The third-order valence-electron chi connectivity index (χ3n) is 3.51. The van der Waals surface area contributed by atoms with Crippen molar-refractivity contribution in [1.82, 2.24) is 14.9 Å². The van der Waals surface area contributed by atoms with Gasteiger partial charge in [0.05, 0.1) is 13.4 Å². The topological polar surface area (TPSA) is 74.6 Å². The zero-order chi connectivity index (χ0) is 16.2. The molecular weight excluding hydrogens is 298 g/mol. The maximum Gasteiger partial charge on any atom is 0.251 e. The molecule has 1 aliphatic heterocycles. The minimum Gasteiger partial charge on any atom is -0.493 e. The first-order valence-electron chi connectivity index (χ1n) is 7.41. The highest BCUT2D eigenvalue weighted by atomic mass is 16.6. The maximum absolute atomic E-state index is 12.4. The Morgan fingerprint density at radius 1 is 1.43 bits per heavy atom. The van der Waals surface area contributed by atoms with Gasteiger partial charge in [-0.25, -0.2) is 4.98 Å². The highest BCUT2D eigenvalue weighted by molar-refractivity contribution is 5.95. The van der Waals surface area contributed by atoms with E-state index in [0.29, 0.717) is 42.6 Å². The number of imidazole rings is 1. The number of amides is 1. The lowest BCUT2D eigenvalue weighted by Gasteiger charge is -2.22. The molecule has 1 unspecified atom stereocenters. The predicted octanol–water partition coefficient (Wildman–Crippen LogP) is 1.48. The van der Waals surface area contributed by atoms with E-state index in [-0.39, 0.29) is 11.9 Å². The summed E-state index contributed by atoms with van der Waals surface area (Å²) >= 11 is 0. The van der Waals surface area contributed by atoms with Crippen LogP contribution in [0.5, 0.6) is 17.2 Å². The molecule has 1 atom stereocenters. The van der Waals surface area contributed by atoms with E-state index in [1.807, 2.05) is 17.7 Å². The summed E-state index contributed by atoms with van der Waals surface area (Å²) in [7, 11) is 1.54. The van der Waals surface area contributed by atoms with E-state index < -0.39 is 0 Å². The molecule has 0 spiro atoms. The molecule has 7 nitrogen and oxygen atoms in total. The lowest BCUT2D eigenvalue weighted by atomic mass is 10.1. The van der Waals surface area contributed by atoms with Gasteiger partial charge in [0, 0.05) is 30.5 Å². The van der Waals surface area contributed by atoms with E-state index in [4.69, 9.17) is 14.2 Å². The van der Waals surface area contributed by atoms with E-state index in [1.54, 1.807) is 24.7 Å². The van der Waals surface area contributed by atoms with Gasteiger partial charge in [0.25, 0.3) is 5.91 Å². The number of ether oxygens (including phenoxy) is 3. The van der Waals surface area contributed by atoms with Gasteiger partial charge in [-0.1, -0.05) is 0 Å². The van der Waals surface area contributed by atoms with Gasteiger partial charge < -0.3 is 24.1 Å². The van der Waals surface area contributed by atoms with Gasteiger partial charge in [0.2, 0.25) is 5.75 Å². The van der Waals surface area contributed by atoms with Crippen LogP contribution >= 0.6 is 0 Å². The van der Waals surface area contributed by atoms with Gasteiger partial charge in [-0.15, -0.1) is 0 Å². The molecule has 1 aromatic carbocycles. The lowest BCUT2D eigenvalue weighted by Crippen LogP contribution is -2.35. The van der Waals surface area contributed by atoms with E-state index in [0.717, 1.165) is 0 Å². The highest BCUT2D eigenvalue weighted by Crippen LogP contribution is 2.40. The molecule has 0 fully saturated rings. The molecule has 0 bridgehead atoms. The summed E-state index contributed by atoms with van der Waals surface area (Å²) in [6.45, 7) is 3.51. The summed E-state index contributed by atoms with van der Waals surface area (Å²) in [5.41, 5.74) is 0.476. The van der Waals surface area contributed by atoms with Crippen LogP contribution in [0.4, 0.5) is 0 Å². The first-order valence-corrected chi connectivity index (χ1v) is 7.41. The van der Waals surface area contributed by atoms with Crippen molar-refractivity contribution in [3.63, 3.8) is 0 Å². The van der Waals surface area contributed by atoms with Crippen LogP contribution in [0.2, 0.25) is 0 Å². The van der Waals surface area contributed by atoms with E-state index in [9.17, 15) is 4.79 Å². The molecule has 1 amide bonds. The van der Waals surface area contributed by atoms with E-state index in [1.165, 1.54) is 7.11 Å². The number of aromatic nitrogens is 2. The van der Waals surface area contributed by atoms with Crippen LogP contribution in [0.1, 0.15) is 17.3 Å². The summed E-state index contributed by atoms with van der Waals surface area (Å²) in [6.07, 6.45) is 5.28. The number of carbonyl (C=O) groups excluding carboxylic acids is 1. The molecule has 2 heterocycles. The van der Waals surface area contributed by atoms with Crippen LogP contribution in [0, 0.1) is 0 Å². The van der Waals surface area contributed by atoms with Crippen molar-refractivity contribution < 1.29 is 19.0 Å². The van der Waals surface area contributed by atoms with Crippen LogP contribution in [-0.2, 0) is 6.54 Å². The van der Waals surface area contributed by atoms with Gasteiger partial charge in [0.1, 0.15) is 13.2 Å². The molecule has 1 aliphatic rings. The Kier molecular flexibility index (Phi) is 4.36. The van der Waals surface area contributed by atoms with Crippen LogP contribution in [-0.4, -0.2) is 41.8 Å². The Labute approximate surface area is 134 Å². The van der Waals surface area contributed by atoms with Crippen molar-refractivity contribution in [3.8, 4) is 17.2 Å². The molecule has 0 saturated heterocycles. The zero-order valence-electron chi connectivity index (χ0n) is 13.1. The van der Waals surface area contributed by atoms with Gasteiger partial charge in [0.15, 0.2) is 11.5 Å². The minimum absolute atomic E-state index is 0.0455. The molecule has 7 heteroatoms. The van der Waals surface area contributed by atoms with Crippen molar-refractivity contribution in [3.05, 3.63) is 36.4 Å². The molecular formula is C16H19N3O4. The SMILES string of the molecule is COc1cc(C(=O)NC(C)Cn2ccnc2)cc2c1OCCO2. The Morgan fingerprint density at radius 3 is 3.00 bits per heavy atom. The largest absolute Gasteiger partial charge is 0.493 e. The van der Waals surface area contributed by atoms with E-state index in [2.05, 4.69) is 10.3 Å². The van der Waals surface area contributed by atoms with Gasteiger partial charge in [-0.2, -0.15) is 0 Å². The van der Waals surface area contributed by atoms with Crippen LogP contribution in [0.15, 0.2) is 30.9 Å². The third kappa shape index (κ3) is 3.39. The fourth-order valence-electron chi connectivity index (χ4n) is 2.47. The van der Waals surface area contributed by atoms with Crippen molar-refractivity contribution in [2.24, 2.45) is 0 Å². The number of methoxy groups -OCH3 is 1. The molecule has 1 aromatic heterocycles. The molecule has 23 heavy (non-hydrogen) atoms. The molecule has 0 radical (unpaired) electrons. The summed E-state index contributed by atoms with van der Waals surface area (Å²) in [5, 5.41) is 2.95. The monoisotopic (exact) mass is 317 g/mol. The van der Waals surface area contributed by atoms with Crippen molar-refractivity contribution in [1.29, 1.82) is 0 Å². The number of fused-ring (bicyclic) bond motifs is 1. The second-order valence-electron chi connectivity index (χ2n) is 5.34. The first-order chi connectivity index (χ1) is 11.2. The molecule has 3 rings (SSSR count). The van der Waals surface area contributed by atoms with Crippen LogP contribution in [0.25, 0.3) is 0 Å². The number of nitrogens with zero attached hydrogens (tertiary/aromatic N) is 2. The average Bonchev–Trinajstić information content (AvgIpc) is 3.06. The Balaban J connectivity index is 1.74. The number of nitrogens with one attached hydrogen (secondary N) is 1. The number of hydrogen-bond donors (Lipinski definition) is 1. The quantitative estimate of drug-likeness (QED) is 0.904. The second kappa shape index (κ2) is 6.60. The van der Waals surface area contributed by atoms with E-state index >= 15 is 0 Å². The van der Waals surface area contributed by atoms with Crippen molar-refractivity contribution in [2.45, 2.75) is 19.5 Å². The van der Waals surface area contributed by atoms with Crippen molar-refractivity contribution >= 4 is 5.91 Å². The Morgan fingerprint density at radius 2 is 2.26 bits per heavy atom. The Hall–Kier alpha value is -2.70. The standard InChI is InChI=1S/C16H19N3O4/c1-11(9-19-4-3-17-10-19)18-16(20)12-7-13(21-2)15-14(8-12)22-5-6-23-15/h3-4,7-8,10-11H,5-6,9H2,1-2H3,(H,18,20). The molecule has 122 valence electrons. The average molecular weight is 317 g/mol. The number of carbonyl (C=O) groups is 1.